The van der Waals surface area contributed by atoms with Gasteiger partial charge in [-0.15, -0.1) is 22.9 Å². The van der Waals surface area contributed by atoms with Crippen molar-refractivity contribution >= 4 is 54.8 Å². The first-order valence-electron chi connectivity index (χ1n) is 5.92. The van der Waals surface area contributed by atoms with Crippen LogP contribution in [0.3, 0.4) is 0 Å². The smallest absolute Gasteiger partial charge is 0.133 e. The van der Waals surface area contributed by atoms with E-state index >= 15 is 0 Å². The monoisotopic (exact) mass is 422 g/mol. The molecule has 0 fully saturated rings. The first kappa shape index (κ1) is 15.4. The molecule has 1 aromatic heterocycles. The molecule has 1 heterocycles. The molecule has 1 atom stereocenters. The molecule has 1 nitrogen and oxygen atoms in total. The fraction of sp³-hybridized carbons (Fsp3) is 0.286. The third kappa shape index (κ3) is 3.97. The van der Waals surface area contributed by atoms with Gasteiger partial charge in [-0.25, -0.2) is 0 Å². The van der Waals surface area contributed by atoms with Crippen LogP contribution in [0.15, 0.2) is 37.9 Å². The van der Waals surface area contributed by atoms with E-state index in [2.05, 4.69) is 50.2 Å². The number of hydrogen-bond acceptors (Lipinski definition) is 2. The lowest BCUT2D eigenvalue weighted by Crippen LogP contribution is -1.97. The molecule has 0 saturated heterocycles. The van der Waals surface area contributed by atoms with E-state index in [0.29, 0.717) is 0 Å². The molecule has 0 saturated carbocycles. The molecular weight excluding hydrogens is 411 g/mol. The highest BCUT2D eigenvalue weighted by atomic mass is 79.9. The molecule has 5 heteroatoms. The Morgan fingerprint density at radius 3 is 2.63 bits per heavy atom. The largest absolute Gasteiger partial charge is 0.492 e. The van der Waals surface area contributed by atoms with Gasteiger partial charge in [-0.1, -0.05) is 13.0 Å². The normalized spacial score (nSPS) is 12.4. The lowest BCUT2D eigenvalue weighted by atomic mass is 10.1. The summed E-state index contributed by atoms with van der Waals surface area (Å²) >= 11 is 15.1. The zero-order chi connectivity index (χ0) is 13.8. The molecule has 0 aliphatic carbocycles. The highest BCUT2D eigenvalue weighted by molar-refractivity contribution is 9.11. The second-order valence-corrected chi connectivity index (χ2v) is 7.67. The van der Waals surface area contributed by atoms with Crippen LogP contribution >= 0.6 is 54.8 Å². The number of benzene rings is 1. The summed E-state index contributed by atoms with van der Waals surface area (Å²) in [5, 5.41) is 1.93. The predicted octanol–water partition coefficient (Wildman–Crippen LogP) is 6.39. The van der Waals surface area contributed by atoms with Gasteiger partial charge in [0.15, 0.2) is 0 Å². The molecule has 0 aliphatic rings. The molecule has 0 aliphatic heterocycles. The Morgan fingerprint density at radius 2 is 2.05 bits per heavy atom. The van der Waals surface area contributed by atoms with Crippen LogP contribution in [0, 0.1) is 0 Å². The predicted molar refractivity (Wildman–Crippen MR) is 89.6 cm³/mol. The van der Waals surface area contributed by atoms with Gasteiger partial charge in [0.05, 0.1) is 20.2 Å². The Hall–Kier alpha value is -0.0300. The Balaban J connectivity index is 2.19. The minimum Gasteiger partial charge on any atom is -0.492 e. The van der Waals surface area contributed by atoms with Crippen molar-refractivity contribution in [3.05, 3.63) is 49.0 Å². The first-order chi connectivity index (χ1) is 9.11. The SMILES string of the molecule is CCCOc1ccc(C(Cl)c2csc(Br)c2)cc1Br. The first-order valence-corrected chi connectivity index (χ1v) is 8.82. The van der Waals surface area contributed by atoms with E-state index < -0.39 is 0 Å². The zero-order valence-corrected chi connectivity index (χ0v) is 15.1. The van der Waals surface area contributed by atoms with E-state index in [1.54, 1.807) is 11.3 Å². The summed E-state index contributed by atoms with van der Waals surface area (Å²) in [4.78, 5) is 0. The lowest BCUT2D eigenvalue weighted by Gasteiger charge is -2.12. The summed E-state index contributed by atoms with van der Waals surface area (Å²) in [5.74, 6) is 0.862. The molecule has 2 aromatic rings. The Bertz CT molecular complexity index is 556. The topological polar surface area (TPSA) is 9.23 Å². The third-order valence-electron chi connectivity index (χ3n) is 2.59. The van der Waals surface area contributed by atoms with E-state index in [1.807, 2.05) is 18.2 Å². The van der Waals surface area contributed by atoms with Crippen molar-refractivity contribution in [1.82, 2.24) is 0 Å². The minimum atomic E-state index is -0.140. The van der Waals surface area contributed by atoms with Crippen LogP contribution < -0.4 is 4.74 Å². The van der Waals surface area contributed by atoms with Crippen molar-refractivity contribution in [1.29, 1.82) is 0 Å². The van der Waals surface area contributed by atoms with Gasteiger partial charge in [-0.05, 0) is 73.0 Å². The van der Waals surface area contributed by atoms with Crippen molar-refractivity contribution in [2.24, 2.45) is 0 Å². The summed E-state index contributed by atoms with van der Waals surface area (Å²) in [6.07, 6.45) is 0.995. The molecular formula is C14H13Br2ClOS. The summed E-state index contributed by atoms with van der Waals surface area (Å²) in [7, 11) is 0. The summed E-state index contributed by atoms with van der Waals surface area (Å²) in [6, 6.07) is 8.05. The van der Waals surface area contributed by atoms with Gasteiger partial charge in [0.1, 0.15) is 5.75 Å². The maximum Gasteiger partial charge on any atom is 0.133 e. The van der Waals surface area contributed by atoms with Crippen LogP contribution in [0.5, 0.6) is 5.75 Å². The Labute approximate surface area is 139 Å². The van der Waals surface area contributed by atoms with Gasteiger partial charge < -0.3 is 4.74 Å². The fourth-order valence-corrected chi connectivity index (χ4v) is 3.70. The van der Waals surface area contributed by atoms with Crippen molar-refractivity contribution in [2.75, 3.05) is 6.61 Å². The van der Waals surface area contributed by atoms with Gasteiger partial charge in [0.2, 0.25) is 0 Å². The number of alkyl halides is 1. The van der Waals surface area contributed by atoms with Crippen LogP contribution in [-0.2, 0) is 0 Å². The zero-order valence-electron chi connectivity index (χ0n) is 10.3. The number of halogens is 3. The number of rotatable bonds is 5. The summed E-state index contributed by atoms with van der Waals surface area (Å²) in [6.45, 7) is 2.81. The van der Waals surface area contributed by atoms with Gasteiger partial charge in [-0.3, -0.25) is 0 Å². The highest BCUT2D eigenvalue weighted by Crippen LogP contribution is 2.36. The molecule has 0 bridgehead atoms. The van der Waals surface area contributed by atoms with Crippen molar-refractivity contribution in [2.45, 2.75) is 18.7 Å². The van der Waals surface area contributed by atoms with Crippen molar-refractivity contribution < 1.29 is 4.74 Å². The van der Waals surface area contributed by atoms with Crippen LogP contribution in [0.2, 0.25) is 0 Å². The molecule has 0 N–H and O–H groups in total. The van der Waals surface area contributed by atoms with Crippen molar-refractivity contribution in [3.63, 3.8) is 0 Å². The number of ether oxygens (including phenoxy) is 1. The van der Waals surface area contributed by atoms with Gasteiger partial charge in [0, 0.05) is 0 Å². The second-order valence-electron chi connectivity index (χ2n) is 4.09. The average Bonchev–Trinajstić information content (AvgIpc) is 2.83. The molecule has 1 aromatic carbocycles. The number of hydrogen-bond donors (Lipinski definition) is 0. The summed E-state index contributed by atoms with van der Waals surface area (Å²) < 4.78 is 7.67. The third-order valence-corrected chi connectivity index (χ3v) is 5.24. The molecule has 102 valence electrons. The van der Waals surface area contributed by atoms with E-state index in [9.17, 15) is 0 Å². The maximum absolute atomic E-state index is 6.50. The Kier molecular flexibility index (Phi) is 5.75. The molecule has 0 radical (unpaired) electrons. The Morgan fingerprint density at radius 1 is 1.26 bits per heavy atom. The second kappa shape index (κ2) is 7.11. The van der Waals surface area contributed by atoms with Crippen LogP contribution in [0.25, 0.3) is 0 Å². The van der Waals surface area contributed by atoms with Crippen LogP contribution in [0.1, 0.15) is 29.8 Å². The van der Waals surface area contributed by atoms with E-state index in [-0.39, 0.29) is 5.38 Å². The number of thiophene rings is 1. The van der Waals surface area contributed by atoms with Crippen LogP contribution in [0.4, 0.5) is 0 Å². The minimum absolute atomic E-state index is 0.140. The van der Waals surface area contributed by atoms with E-state index in [1.165, 1.54) is 0 Å². The van der Waals surface area contributed by atoms with Crippen LogP contribution in [-0.4, -0.2) is 6.61 Å². The molecule has 0 spiro atoms. The average molecular weight is 425 g/mol. The quantitative estimate of drug-likeness (QED) is 0.505. The molecule has 19 heavy (non-hydrogen) atoms. The van der Waals surface area contributed by atoms with E-state index in [0.717, 1.165) is 38.2 Å². The molecule has 2 rings (SSSR count). The van der Waals surface area contributed by atoms with Gasteiger partial charge in [-0.2, -0.15) is 0 Å². The standard InChI is InChI=1S/C14H13Br2ClOS/c1-2-5-18-12-4-3-9(6-11(12)15)14(17)10-7-13(16)19-8-10/h3-4,6-8,14H,2,5H2,1H3. The molecule has 1 unspecified atom stereocenters. The molecule has 0 amide bonds. The lowest BCUT2D eigenvalue weighted by molar-refractivity contribution is 0.315. The summed E-state index contributed by atoms with van der Waals surface area (Å²) in [5.41, 5.74) is 2.16. The maximum atomic E-state index is 6.50. The van der Waals surface area contributed by atoms with Gasteiger partial charge >= 0.3 is 0 Å². The van der Waals surface area contributed by atoms with Crippen molar-refractivity contribution in [3.8, 4) is 5.75 Å². The highest BCUT2D eigenvalue weighted by Gasteiger charge is 2.14. The van der Waals surface area contributed by atoms with Gasteiger partial charge in [0.25, 0.3) is 0 Å². The fourth-order valence-electron chi connectivity index (χ4n) is 1.65. The van der Waals surface area contributed by atoms with E-state index in [4.69, 9.17) is 16.3 Å².